The van der Waals surface area contributed by atoms with Gasteiger partial charge in [-0.25, -0.2) is 8.78 Å². The molecule has 0 radical (unpaired) electrons. The number of guanidine groups is 1. The monoisotopic (exact) mass is 839 g/mol. The van der Waals surface area contributed by atoms with Gasteiger partial charge in [-0.05, 0) is 93.0 Å². The molecule has 5 N–H and O–H groups in total. The zero-order chi connectivity index (χ0) is 43.4. The van der Waals surface area contributed by atoms with Gasteiger partial charge in [0.2, 0.25) is 17.8 Å². The fraction of sp³-hybridized carbons (Fsp3) is 0.432. The number of halogens is 2. The first-order valence-electron chi connectivity index (χ1n) is 20.6. The summed E-state index contributed by atoms with van der Waals surface area (Å²) in [5, 5.41) is 19.7. The van der Waals surface area contributed by atoms with E-state index in [1.807, 2.05) is 4.90 Å². The number of fused-ring (bicyclic) bond motifs is 5. The number of likely N-dealkylation sites (tertiary alicyclic amines) is 1. The first-order chi connectivity index (χ1) is 29.3. The molecule has 7 rings (SSSR count). The van der Waals surface area contributed by atoms with Crippen LogP contribution in [0.4, 0.5) is 20.2 Å². The number of ether oxygens (including phenoxy) is 2. The second-order valence-corrected chi connectivity index (χ2v) is 16.0. The van der Waals surface area contributed by atoms with Crippen molar-refractivity contribution in [3.63, 3.8) is 0 Å². The molecule has 2 fully saturated rings. The van der Waals surface area contributed by atoms with Crippen LogP contribution in [0.3, 0.4) is 0 Å². The van der Waals surface area contributed by atoms with Crippen molar-refractivity contribution in [1.29, 1.82) is 5.41 Å². The van der Waals surface area contributed by atoms with E-state index in [0.29, 0.717) is 102 Å². The van der Waals surface area contributed by atoms with E-state index in [0.717, 1.165) is 19.1 Å². The number of pyridine rings is 1. The number of hydrogen-bond donors (Lipinski definition) is 5. The van der Waals surface area contributed by atoms with Crippen LogP contribution < -0.4 is 26.2 Å². The third-order valence-corrected chi connectivity index (χ3v) is 11.6. The maximum atomic E-state index is 15.2. The highest BCUT2D eigenvalue weighted by Crippen LogP contribution is 2.35. The van der Waals surface area contributed by atoms with Gasteiger partial charge in [0, 0.05) is 75.4 Å². The van der Waals surface area contributed by atoms with Gasteiger partial charge >= 0.3 is 0 Å². The second kappa shape index (κ2) is 18.7. The van der Waals surface area contributed by atoms with Gasteiger partial charge in [0.1, 0.15) is 11.6 Å². The summed E-state index contributed by atoms with van der Waals surface area (Å²) in [5.74, 6) is -3.73. The number of anilines is 2. The second-order valence-electron chi connectivity index (χ2n) is 16.0. The van der Waals surface area contributed by atoms with Gasteiger partial charge in [-0.2, -0.15) is 4.99 Å². The van der Waals surface area contributed by atoms with E-state index in [1.165, 1.54) is 12.1 Å². The molecule has 0 unspecified atom stereocenters. The summed E-state index contributed by atoms with van der Waals surface area (Å²) in [4.78, 5) is 64.6. The molecule has 3 aromatic rings. The normalized spacial score (nSPS) is 24.5. The third-order valence-electron chi connectivity index (χ3n) is 11.6. The molecular weight excluding hydrogens is 789 g/mol. The molecule has 4 atom stereocenters. The lowest BCUT2D eigenvalue weighted by Gasteiger charge is -2.38. The van der Waals surface area contributed by atoms with Gasteiger partial charge in [-0.15, -0.1) is 0 Å². The Hall–Kier alpha value is -6.07. The maximum absolute atomic E-state index is 15.2. The fourth-order valence-electron chi connectivity index (χ4n) is 8.43. The van der Waals surface area contributed by atoms with E-state index in [-0.39, 0.29) is 42.4 Å². The lowest BCUT2D eigenvalue weighted by molar-refractivity contribution is -0.134. The van der Waals surface area contributed by atoms with Crippen molar-refractivity contribution in [1.82, 2.24) is 25.8 Å². The highest BCUT2D eigenvalue weighted by Gasteiger charge is 2.35. The summed E-state index contributed by atoms with van der Waals surface area (Å²) in [7, 11) is 3.30. The van der Waals surface area contributed by atoms with Crippen LogP contribution in [0.1, 0.15) is 88.2 Å². The smallest absolute Gasteiger partial charge is 0.280 e. The van der Waals surface area contributed by atoms with E-state index >= 15 is 8.78 Å². The van der Waals surface area contributed by atoms with Crippen molar-refractivity contribution in [2.24, 2.45) is 10.9 Å². The van der Waals surface area contributed by atoms with Gasteiger partial charge in [-0.3, -0.25) is 29.5 Å². The molecule has 4 amide bonds. The first-order valence-corrected chi connectivity index (χ1v) is 20.6. The number of nitrogens with one attached hydrogen (secondary N) is 5. The lowest BCUT2D eigenvalue weighted by atomic mass is 9.89. The number of aromatic nitrogens is 1. The summed E-state index contributed by atoms with van der Waals surface area (Å²) in [6.07, 6.45) is 3.31. The Morgan fingerprint density at radius 3 is 2.57 bits per heavy atom. The van der Waals surface area contributed by atoms with Crippen molar-refractivity contribution in [3.8, 4) is 0 Å². The molecule has 0 saturated carbocycles. The number of nitrogens with zero attached hydrogens (tertiary/aromatic N) is 4. The molecule has 0 spiro atoms. The maximum Gasteiger partial charge on any atom is 0.280 e. The van der Waals surface area contributed by atoms with Gasteiger partial charge in [0.05, 0.1) is 47.3 Å². The Morgan fingerprint density at radius 2 is 1.85 bits per heavy atom. The van der Waals surface area contributed by atoms with E-state index in [2.05, 4.69) is 43.1 Å². The highest BCUT2D eigenvalue weighted by molar-refractivity contribution is 6.20. The average molecular weight is 840 g/mol. The Labute approximate surface area is 352 Å². The standard InChI is InChI=1S/C44H51F2N9O6/c1-24-6-5-15-61-43(48-3)30(21-47)35-19-28(16-25(2)49-35)41(58)53-44-51-33-9-7-27(20-36(33)55(44)22-24)40(57)50-34-12-14-54(23-37(34)60-4)13-11-26-17-31(45)39(32(46)18-26)29-8-10-38(56)52-42(29)59/h7,9,16-21,24,29,34,37,47-48H,5-6,8,10-15,22-23H2,1-4H3,(H,50,57)(H,51,53,58)(H,52,56,59)/b43-30-,47-21?/t24-,29-,34-,37-/m1/s1. The van der Waals surface area contributed by atoms with Crippen LogP contribution in [-0.4, -0.2) is 105 Å². The predicted molar refractivity (Wildman–Crippen MR) is 226 cm³/mol. The number of aryl methyl sites for hydroxylation is 1. The van der Waals surface area contributed by atoms with Gasteiger partial charge in [-0.1, -0.05) is 6.92 Å². The summed E-state index contributed by atoms with van der Waals surface area (Å²) >= 11 is 0. The molecule has 0 aliphatic carbocycles. The molecule has 15 nitrogen and oxygen atoms in total. The van der Waals surface area contributed by atoms with Crippen LogP contribution in [0.25, 0.3) is 5.57 Å². The number of allylic oxidation sites excluding steroid dienone is 1. The number of amides is 4. The fourth-order valence-corrected chi connectivity index (χ4v) is 8.43. The molecule has 61 heavy (non-hydrogen) atoms. The highest BCUT2D eigenvalue weighted by atomic mass is 19.1. The van der Waals surface area contributed by atoms with Gasteiger partial charge in [0.15, 0.2) is 5.88 Å². The van der Waals surface area contributed by atoms with E-state index in [9.17, 15) is 19.2 Å². The van der Waals surface area contributed by atoms with Crippen LogP contribution in [0, 0.1) is 29.9 Å². The van der Waals surface area contributed by atoms with Crippen LogP contribution in [0.2, 0.25) is 0 Å². The molecule has 2 bridgehead atoms. The van der Waals surface area contributed by atoms with Crippen LogP contribution >= 0.6 is 0 Å². The Kier molecular flexibility index (Phi) is 13.2. The molecule has 1 aromatic heterocycles. The summed E-state index contributed by atoms with van der Waals surface area (Å²) in [6, 6.07) is 10.8. The number of aliphatic imine (C=N–C) groups is 1. The Morgan fingerprint density at radius 1 is 1.07 bits per heavy atom. The number of piperidine rings is 2. The van der Waals surface area contributed by atoms with E-state index in [1.54, 1.807) is 51.4 Å². The minimum Gasteiger partial charge on any atom is -0.479 e. The SMILES string of the molecule is CN/C1=C(\C=N)c2cc(cc(C)n2)C(=O)/N=C2\Nc3ccc(C(=O)N[C@@H]4CCN(CCc5cc(F)c([C@H]6CCC(=O)NC6=O)c(F)c5)C[C@H]4OC)cc3N2C[C@H](C)CCCO1. The zero-order valence-electron chi connectivity index (χ0n) is 34.7. The number of rotatable bonds is 9. The van der Waals surface area contributed by atoms with E-state index in [4.69, 9.17) is 14.9 Å². The molecule has 4 aliphatic heterocycles. The summed E-state index contributed by atoms with van der Waals surface area (Å²) < 4.78 is 42.2. The average Bonchev–Trinajstić information content (AvgIpc) is 3.56. The lowest BCUT2D eigenvalue weighted by Crippen LogP contribution is -2.55. The first kappa shape index (κ1) is 43.0. The van der Waals surface area contributed by atoms with Crippen molar-refractivity contribution in [3.05, 3.63) is 93.6 Å². The van der Waals surface area contributed by atoms with Crippen LogP contribution in [-0.2, 0) is 25.5 Å². The van der Waals surface area contributed by atoms with Crippen LogP contribution in [0.15, 0.2) is 53.3 Å². The molecule has 17 heteroatoms. The third kappa shape index (κ3) is 9.62. The molecule has 2 saturated heterocycles. The van der Waals surface area contributed by atoms with Gasteiger partial charge in [0.25, 0.3) is 11.8 Å². The number of hydrogen-bond acceptors (Lipinski definition) is 12. The summed E-state index contributed by atoms with van der Waals surface area (Å²) in [6.45, 7) is 6.36. The molecule has 2 aromatic carbocycles. The zero-order valence-corrected chi connectivity index (χ0v) is 34.7. The summed E-state index contributed by atoms with van der Waals surface area (Å²) in [5.41, 5.74) is 3.66. The molecule has 4 aliphatic rings. The predicted octanol–water partition coefficient (Wildman–Crippen LogP) is 4.66. The topological polar surface area (TPSA) is 190 Å². The quantitative estimate of drug-likeness (QED) is 0.149. The number of benzene rings is 2. The number of imide groups is 1. The molecule has 5 heterocycles. The molecule has 322 valence electrons. The van der Waals surface area contributed by atoms with Crippen molar-refractivity contribution in [2.45, 2.75) is 70.4 Å². The Balaban J connectivity index is 1.03. The number of carbonyl (C=O) groups excluding carboxylic acids is 4. The molecular formula is C44H51F2N9O6. The van der Waals surface area contributed by atoms with Crippen molar-refractivity contribution < 1.29 is 37.4 Å². The largest absolute Gasteiger partial charge is 0.479 e. The van der Waals surface area contributed by atoms with Crippen LogP contribution in [0.5, 0.6) is 0 Å². The van der Waals surface area contributed by atoms with Gasteiger partial charge < -0.3 is 40.6 Å². The van der Waals surface area contributed by atoms with Crippen molar-refractivity contribution >= 4 is 52.8 Å². The number of methoxy groups -OCH3 is 1. The van der Waals surface area contributed by atoms with E-state index < -0.39 is 35.3 Å². The minimum atomic E-state index is -1.05. The minimum absolute atomic E-state index is 0.0215. The number of carbonyl (C=O) groups is 4. The van der Waals surface area contributed by atoms with Crippen molar-refractivity contribution in [2.75, 3.05) is 57.2 Å². The Bertz CT molecular complexity index is 2280.